The number of hydrogen-bond acceptors (Lipinski definition) is 5. The summed E-state index contributed by atoms with van der Waals surface area (Å²) >= 11 is 1.52. The van der Waals surface area contributed by atoms with Gasteiger partial charge in [0.25, 0.3) is 0 Å². The van der Waals surface area contributed by atoms with Crippen molar-refractivity contribution in [2.75, 3.05) is 13.7 Å². The number of carbonyl (C=O) groups excluding carboxylic acids is 2. The maximum Gasteiger partial charge on any atom is 0.328 e. The number of esters is 1. The van der Waals surface area contributed by atoms with Crippen molar-refractivity contribution in [2.45, 2.75) is 18.6 Å². The zero-order chi connectivity index (χ0) is 13.8. The van der Waals surface area contributed by atoms with Crippen LogP contribution in [0.25, 0.3) is 6.08 Å². The van der Waals surface area contributed by atoms with E-state index < -0.39 is 18.1 Å². The number of thiophene rings is 1. The molecule has 0 radical (unpaired) electrons. The van der Waals surface area contributed by atoms with E-state index in [9.17, 15) is 14.7 Å². The molecule has 0 bridgehead atoms. The van der Waals surface area contributed by atoms with Crippen LogP contribution in [0.15, 0.2) is 23.6 Å². The lowest BCUT2D eigenvalue weighted by Gasteiger charge is -2.20. The fourth-order valence-corrected chi connectivity index (χ4v) is 2.67. The van der Waals surface area contributed by atoms with E-state index in [0.717, 1.165) is 4.88 Å². The molecule has 0 saturated carbocycles. The molecule has 1 aliphatic heterocycles. The topological polar surface area (TPSA) is 66.8 Å². The molecule has 1 fully saturated rings. The van der Waals surface area contributed by atoms with Gasteiger partial charge in [-0.1, -0.05) is 6.07 Å². The zero-order valence-electron chi connectivity index (χ0n) is 10.5. The number of aliphatic hydroxyl groups is 1. The van der Waals surface area contributed by atoms with Gasteiger partial charge in [0.15, 0.2) is 0 Å². The Balaban J connectivity index is 2.06. The van der Waals surface area contributed by atoms with Crippen molar-refractivity contribution < 1.29 is 19.4 Å². The molecule has 2 unspecified atom stereocenters. The molecule has 1 amide bonds. The molecule has 0 aliphatic carbocycles. The first kappa shape index (κ1) is 13.8. The van der Waals surface area contributed by atoms with Gasteiger partial charge in [-0.05, 0) is 17.5 Å². The van der Waals surface area contributed by atoms with Crippen LogP contribution in [0.1, 0.15) is 11.3 Å². The first-order valence-corrected chi connectivity index (χ1v) is 6.78. The summed E-state index contributed by atoms with van der Waals surface area (Å²) in [6, 6.07) is 3.09. The molecule has 1 aromatic heterocycles. The number of β-amino-alcohol motifs (C(OH)–C–C–N with tert-alkyl or cyclic N) is 1. The third kappa shape index (κ3) is 3.21. The molecule has 6 heteroatoms. The van der Waals surface area contributed by atoms with Gasteiger partial charge in [-0.2, -0.15) is 0 Å². The van der Waals surface area contributed by atoms with E-state index in [-0.39, 0.29) is 18.9 Å². The lowest BCUT2D eigenvalue weighted by molar-refractivity contribution is -0.149. The van der Waals surface area contributed by atoms with Crippen LogP contribution < -0.4 is 0 Å². The number of aliphatic hydroxyl groups excluding tert-OH is 1. The van der Waals surface area contributed by atoms with Crippen LogP contribution in [0.3, 0.4) is 0 Å². The lowest BCUT2D eigenvalue weighted by Crippen LogP contribution is -2.40. The number of likely N-dealkylation sites (tertiary alicyclic amines) is 1. The highest BCUT2D eigenvalue weighted by Crippen LogP contribution is 2.20. The highest BCUT2D eigenvalue weighted by molar-refractivity contribution is 7.10. The second-order valence-electron chi connectivity index (χ2n) is 4.27. The van der Waals surface area contributed by atoms with Crippen LogP contribution in [-0.4, -0.2) is 47.7 Å². The first-order chi connectivity index (χ1) is 9.11. The SMILES string of the molecule is COC(=O)C1CC(O)CN1C(=O)/C=C/c1cccs1. The molecule has 5 nitrogen and oxygen atoms in total. The van der Waals surface area contributed by atoms with Gasteiger partial charge >= 0.3 is 5.97 Å². The van der Waals surface area contributed by atoms with Crippen LogP contribution in [0.5, 0.6) is 0 Å². The van der Waals surface area contributed by atoms with E-state index in [4.69, 9.17) is 0 Å². The van der Waals surface area contributed by atoms with Gasteiger partial charge in [0.05, 0.1) is 13.2 Å². The highest BCUT2D eigenvalue weighted by Gasteiger charge is 2.38. The Morgan fingerprint density at radius 2 is 2.37 bits per heavy atom. The fraction of sp³-hybridized carbons (Fsp3) is 0.385. The van der Waals surface area contributed by atoms with Gasteiger partial charge in [-0.25, -0.2) is 4.79 Å². The molecule has 2 atom stereocenters. The molecule has 19 heavy (non-hydrogen) atoms. The maximum atomic E-state index is 12.0. The number of hydrogen-bond donors (Lipinski definition) is 1. The van der Waals surface area contributed by atoms with E-state index >= 15 is 0 Å². The molecule has 1 aromatic rings. The van der Waals surface area contributed by atoms with Gasteiger partial charge < -0.3 is 14.7 Å². The number of carbonyl (C=O) groups is 2. The third-order valence-corrected chi connectivity index (χ3v) is 3.81. The van der Waals surface area contributed by atoms with Crippen molar-refractivity contribution in [3.8, 4) is 0 Å². The Morgan fingerprint density at radius 3 is 3.00 bits per heavy atom. The average Bonchev–Trinajstić information content (AvgIpc) is 3.04. The monoisotopic (exact) mass is 281 g/mol. The van der Waals surface area contributed by atoms with Crippen molar-refractivity contribution in [2.24, 2.45) is 0 Å². The Morgan fingerprint density at radius 1 is 1.58 bits per heavy atom. The number of amides is 1. The minimum atomic E-state index is -0.694. The molecule has 1 saturated heterocycles. The average molecular weight is 281 g/mol. The van der Waals surface area contributed by atoms with Crippen molar-refractivity contribution >= 4 is 29.3 Å². The second-order valence-corrected chi connectivity index (χ2v) is 5.25. The minimum Gasteiger partial charge on any atom is -0.467 e. The highest BCUT2D eigenvalue weighted by atomic mass is 32.1. The van der Waals surface area contributed by atoms with Gasteiger partial charge in [0.2, 0.25) is 5.91 Å². The van der Waals surface area contributed by atoms with Crippen molar-refractivity contribution in [3.63, 3.8) is 0 Å². The molecule has 0 spiro atoms. The van der Waals surface area contributed by atoms with E-state index in [2.05, 4.69) is 4.74 Å². The summed E-state index contributed by atoms with van der Waals surface area (Å²) < 4.78 is 4.65. The molecule has 102 valence electrons. The van der Waals surface area contributed by atoms with Gasteiger partial charge in [0.1, 0.15) is 6.04 Å². The molecule has 1 N–H and O–H groups in total. The van der Waals surface area contributed by atoms with E-state index in [1.165, 1.54) is 29.4 Å². The zero-order valence-corrected chi connectivity index (χ0v) is 11.3. The van der Waals surface area contributed by atoms with Crippen LogP contribution in [-0.2, 0) is 14.3 Å². The maximum absolute atomic E-state index is 12.0. The number of rotatable bonds is 3. The van der Waals surface area contributed by atoms with Crippen LogP contribution >= 0.6 is 11.3 Å². The largest absolute Gasteiger partial charge is 0.467 e. The second kappa shape index (κ2) is 5.99. The molecule has 2 heterocycles. The molecular formula is C13H15NO4S. The molecule has 2 rings (SSSR count). The molecule has 1 aliphatic rings. The van der Waals surface area contributed by atoms with Gasteiger partial charge in [-0.15, -0.1) is 11.3 Å². The summed E-state index contributed by atoms with van der Waals surface area (Å²) in [6.45, 7) is 0.160. The van der Waals surface area contributed by atoms with E-state index in [1.54, 1.807) is 6.08 Å². The smallest absolute Gasteiger partial charge is 0.328 e. The van der Waals surface area contributed by atoms with Crippen molar-refractivity contribution in [3.05, 3.63) is 28.5 Å². The first-order valence-electron chi connectivity index (χ1n) is 5.90. The summed E-state index contributed by atoms with van der Waals surface area (Å²) in [6.07, 6.45) is 2.67. The number of methoxy groups -OCH3 is 1. The van der Waals surface area contributed by atoms with Crippen molar-refractivity contribution in [1.82, 2.24) is 4.90 Å². The summed E-state index contributed by atoms with van der Waals surface area (Å²) in [5.41, 5.74) is 0. The third-order valence-electron chi connectivity index (χ3n) is 2.97. The summed E-state index contributed by atoms with van der Waals surface area (Å²) in [4.78, 5) is 25.9. The quantitative estimate of drug-likeness (QED) is 0.660. The lowest BCUT2D eigenvalue weighted by atomic mass is 10.2. The predicted octanol–water partition coefficient (Wildman–Crippen LogP) is 0.896. The summed E-state index contributed by atoms with van der Waals surface area (Å²) in [5.74, 6) is -0.783. The summed E-state index contributed by atoms with van der Waals surface area (Å²) in [7, 11) is 1.27. The molecule has 0 aromatic carbocycles. The van der Waals surface area contributed by atoms with Gasteiger partial charge in [0, 0.05) is 23.9 Å². The van der Waals surface area contributed by atoms with Crippen LogP contribution in [0.2, 0.25) is 0 Å². The van der Waals surface area contributed by atoms with Crippen LogP contribution in [0, 0.1) is 0 Å². The number of nitrogens with zero attached hydrogens (tertiary/aromatic N) is 1. The fourth-order valence-electron chi connectivity index (χ4n) is 2.05. The Kier molecular flexibility index (Phi) is 4.34. The Hall–Kier alpha value is -1.66. The Bertz CT molecular complexity index is 483. The van der Waals surface area contributed by atoms with Gasteiger partial charge in [-0.3, -0.25) is 4.79 Å². The summed E-state index contributed by atoms with van der Waals surface area (Å²) in [5, 5.41) is 11.5. The Labute approximate surface area is 115 Å². The predicted molar refractivity (Wildman–Crippen MR) is 71.5 cm³/mol. The molecular weight excluding hydrogens is 266 g/mol. The minimum absolute atomic E-state index is 0.160. The van der Waals surface area contributed by atoms with Crippen molar-refractivity contribution in [1.29, 1.82) is 0 Å². The van der Waals surface area contributed by atoms with Crippen LogP contribution in [0.4, 0.5) is 0 Å². The number of ether oxygens (including phenoxy) is 1. The van der Waals surface area contributed by atoms with E-state index in [0.29, 0.717) is 0 Å². The normalized spacial score (nSPS) is 22.9. The van der Waals surface area contributed by atoms with E-state index in [1.807, 2.05) is 17.5 Å². The standard InChI is InChI=1S/C13H15NO4S/c1-18-13(17)11-7-9(15)8-14(11)12(16)5-4-10-3-2-6-19-10/h2-6,9,11,15H,7-8H2,1H3/b5-4+.